The summed E-state index contributed by atoms with van der Waals surface area (Å²) in [7, 11) is 0. The number of nitrogens with two attached hydrogens (primary N) is 1. The van der Waals surface area contributed by atoms with Crippen LogP contribution in [0.3, 0.4) is 0 Å². The van der Waals surface area contributed by atoms with E-state index < -0.39 is 0 Å². The molecule has 3 aromatic rings. The number of benzene rings is 2. The van der Waals surface area contributed by atoms with Crippen molar-refractivity contribution in [3.63, 3.8) is 0 Å². The van der Waals surface area contributed by atoms with Crippen LogP contribution >= 0.6 is 23.4 Å². The van der Waals surface area contributed by atoms with Crippen LogP contribution in [-0.4, -0.2) is 33.3 Å². The van der Waals surface area contributed by atoms with E-state index in [0.29, 0.717) is 27.5 Å². The Morgan fingerprint density at radius 3 is 2.79 bits per heavy atom. The predicted molar refractivity (Wildman–Crippen MR) is 110 cm³/mol. The molecular weight excluding hydrogens is 414 g/mol. The van der Waals surface area contributed by atoms with E-state index in [1.54, 1.807) is 12.1 Å². The Kier molecular flexibility index (Phi) is 5.50. The molecular formula is C19H18ClN5O3S. The van der Waals surface area contributed by atoms with Crippen molar-refractivity contribution < 1.29 is 14.3 Å². The summed E-state index contributed by atoms with van der Waals surface area (Å²) in [6.45, 7) is 2.12. The molecule has 0 saturated heterocycles. The van der Waals surface area contributed by atoms with Gasteiger partial charge in [-0.15, -0.1) is 10.2 Å². The standard InChI is InChI=1S/C19H18ClN5O3S/c1-11(13-4-7-15-16(8-13)28-10-27-15)22-17(26)9-29-19-24-23-18(25(19)21)12-2-5-14(20)6-3-12/h2-8,11H,9-10,21H2,1H3,(H,22,26)/t11-/m1/s1. The molecule has 0 radical (unpaired) electrons. The number of rotatable bonds is 6. The summed E-state index contributed by atoms with van der Waals surface area (Å²) >= 11 is 7.12. The molecule has 0 spiro atoms. The van der Waals surface area contributed by atoms with Crippen LogP contribution in [-0.2, 0) is 4.79 Å². The number of nitrogen functional groups attached to an aromatic ring is 1. The van der Waals surface area contributed by atoms with Crippen molar-refractivity contribution >= 4 is 29.3 Å². The number of nitrogens with zero attached hydrogens (tertiary/aromatic N) is 3. The first kappa shape index (κ1) is 19.4. The number of hydrogen-bond donors (Lipinski definition) is 2. The number of carbonyl (C=O) groups is 1. The van der Waals surface area contributed by atoms with Crippen molar-refractivity contribution in [3.05, 3.63) is 53.1 Å². The molecule has 3 N–H and O–H groups in total. The molecule has 29 heavy (non-hydrogen) atoms. The van der Waals surface area contributed by atoms with Crippen LogP contribution in [0.25, 0.3) is 11.4 Å². The lowest BCUT2D eigenvalue weighted by Gasteiger charge is -2.14. The lowest BCUT2D eigenvalue weighted by Crippen LogP contribution is -2.28. The molecule has 2 aromatic carbocycles. The molecule has 1 aliphatic heterocycles. The lowest BCUT2D eigenvalue weighted by molar-refractivity contribution is -0.119. The van der Waals surface area contributed by atoms with Crippen molar-refractivity contribution in [1.82, 2.24) is 20.2 Å². The second-order valence-electron chi connectivity index (χ2n) is 6.37. The van der Waals surface area contributed by atoms with E-state index in [9.17, 15) is 4.79 Å². The highest BCUT2D eigenvalue weighted by Gasteiger charge is 2.18. The van der Waals surface area contributed by atoms with E-state index in [0.717, 1.165) is 11.1 Å². The number of ether oxygens (including phenoxy) is 2. The molecule has 0 bridgehead atoms. The van der Waals surface area contributed by atoms with Crippen LogP contribution in [0.2, 0.25) is 5.02 Å². The summed E-state index contributed by atoms with van der Waals surface area (Å²) in [6.07, 6.45) is 0. The van der Waals surface area contributed by atoms with Gasteiger partial charge in [-0.05, 0) is 48.9 Å². The minimum absolute atomic E-state index is 0.142. The van der Waals surface area contributed by atoms with Crippen molar-refractivity contribution in [3.8, 4) is 22.9 Å². The minimum atomic E-state index is -0.182. The van der Waals surface area contributed by atoms with E-state index in [4.69, 9.17) is 26.9 Å². The summed E-state index contributed by atoms with van der Waals surface area (Å²) in [5, 5.41) is 12.2. The largest absolute Gasteiger partial charge is 0.454 e. The molecule has 8 nitrogen and oxygen atoms in total. The fraction of sp³-hybridized carbons (Fsp3) is 0.211. The number of fused-ring (bicyclic) bond motifs is 1. The Bertz CT molecular complexity index is 1040. The van der Waals surface area contributed by atoms with E-state index in [-0.39, 0.29) is 24.5 Å². The van der Waals surface area contributed by atoms with Gasteiger partial charge in [-0.3, -0.25) is 4.79 Å². The normalized spacial score (nSPS) is 13.3. The molecule has 0 fully saturated rings. The van der Waals surface area contributed by atoms with Crippen molar-refractivity contribution in [1.29, 1.82) is 0 Å². The molecule has 1 aliphatic rings. The monoisotopic (exact) mass is 431 g/mol. The molecule has 0 aliphatic carbocycles. The zero-order valence-electron chi connectivity index (χ0n) is 15.5. The molecule has 1 atom stereocenters. The summed E-state index contributed by atoms with van der Waals surface area (Å²) in [5.74, 6) is 7.99. The lowest BCUT2D eigenvalue weighted by atomic mass is 10.1. The maximum absolute atomic E-state index is 12.4. The van der Waals surface area contributed by atoms with Crippen LogP contribution in [0.4, 0.5) is 0 Å². The van der Waals surface area contributed by atoms with Gasteiger partial charge in [0, 0.05) is 10.6 Å². The van der Waals surface area contributed by atoms with Crippen molar-refractivity contribution in [2.75, 3.05) is 18.4 Å². The number of carbonyl (C=O) groups excluding carboxylic acids is 1. The number of hydrogen-bond acceptors (Lipinski definition) is 7. The molecule has 10 heteroatoms. The quantitative estimate of drug-likeness (QED) is 0.456. The minimum Gasteiger partial charge on any atom is -0.454 e. The fourth-order valence-corrected chi connectivity index (χ4v) is 3.64. The summed E-state index contributed by atoms with van der Waals surface area (Å²) in [4.78, 5) is 12.4. The second kappa shape index (κ2) is 8.22. The van der Waals surface area contributed by atoms with E-state index >= 15 is 0 Å². The van der Waals surface area contributed by atoms with Crippen LogP contribution < -0.4 is 20.6 Å². The number of thioether (sulfide) groups is 1. The maximum atomic E-state index is 12.4. The van der Waals surface area contributed by atoms with Crippen LogP contribution in [0.15, 0.2) is 47.6 Å². The maximum Gasteiger partial charge on any atom is 0.231 e. The highest BCUT2D eigenvalue weighted by molar-refractivity contribution is 7.99. The van der Waals surface area contributed by atoms with Gasteiger partial charge in [-0.1, -0.05) is 29.4 Å². The third-order valence-electron chi connectivity index (χ3n) is 4.37. The zero-order chi connectivity index (χ0) is 20.4. The number of aromatic nitrogens is 3. The first-order valence-corrected chi connectivity index (χ1v) is 10.2. The fourth-order valence-electron chi connectivity index (χ4n) is 2.85. The van der Waals surface area contributed by atoms with Crippen LogP contribution in [0.1, 0.15) is 18.5 Å². The van der Waals surface area contributed by atoms with Gasteiger partial charge in [-0.25, -0.2) is 4.68 Å². The van der Waals surface area contributed by atoms with Crippen molar-refractivity contribution in [2.45, 2.75) is 18.1 Å². The Morgan fingerprint density at radius 2 is 2.00 bits per heavy atom. The molecule has 1 amide bonds. The highest BCUT2D eigenvalue weighted by atomic mass is 35.5. The van der Waals surface area contributed by atoms with Crippen LogP contribution in [0, 0.1) is 0 Å². The summed E-state index contributed by atoms with van der Waals surface area (Å²) in [5.41, 5.74) is 1.72. The van der Waals surface area contributed by atoms with Gasteiger partial charge in [-0.2, -0.15) is 0 Å². The van der Waals surface area contributed by atoms with Gasteiger partial charge in [0.15, 0.2) is 17.3 Å². The third-order valence-corrected chi connectivity index (χ3v) is 5.57. The SMILES string of the molecule is C[C@@H](NC(=O)CSc1nnc(-c2ccc(Cl)cc2)n1N)c1ccc2c(c1)OCO2. The van der Waals surface area contributed by atoms with Crippen molar-refractivity contribution in [2.24, 2.45) is 0 Å². The van der Waals surface area contributed by atoms with E-state index in [2.05, 4.69) is 15.5 Å². The Labute approximate surface area is 176 Å². The highest BCUT2D eigenvalue weighted by Crippen LogP contribution is 2.34. The average molecular weight is 432 g/mol. The predicted octanol–water partition coefficient (Wildman–Crippen LogP) is 3.01. The molecule has 150 valence electrons. The molecule has 2 heterocycles. The Hall–Kier alpha value is -2.91. The zero-order valence-corrected chi connectivity index (χ0v) is 17.0. The van der Waals surface area contributed by atoms with E-state index in [1.807, 2.05) is 37.3 Å². The molecule has 1 aromatic heterocycles. The molecule has 0 unspecified atom stereocenters. The third kappa shape index (κ3) is 4.25. The smallest absolute Gasteiger partial charge is 0.231 e. The topological polar surface area (TPSA) is 104 Å². The number of nitrogens with one attached hydrogen (secondary N) is 1. The van der Waals surface area contributed by atoms with Gasteiger partial charge in [0.1, 0.15) is 0 Å². The first-order valence-electron chi connectivity index (χ1n) is 8.79. The Balaban J connectivity index is 1.35. The van der Waals surface area contributed by atoms with E-state index in [1.165, 1.54) is 16.4 Å². The number of halogens is 1. The first-order chi connectivity index (χ1) is 14.0. The average Bonchev–Trinajstić information content (AvgIpc) is 3.33. The summed E-state index contributed by atoms with van der Waals surface area (Å²) in [6, 6.07) is 12.6. The van der Waals surface area contributed by atoms with Gasteiger partial charge in [0.2, 0.25) is 17.9 Å². The van der Waals surface area contributed by atoms with Gasteiger partial charge < -0.3 is 20.6 Å². The molecule has 0 saturated carbocycles. The summed E-state index contributed by atoms with van der Waals surface area (Å²) < 4.78 is 12.0. The van der Waals surface area contributed by atoms with Gasteiger partial charge in [0.05, 0.1) is 11.8 Å². The van der Waals surface area contributed by atoms with Crippen LogP contribution in [0.5, 0.6) is 11.5 Å². The second-order valence-corrected chi connectivity index (χ2v) is 7.75. The van der Waals surface area contributed by atoms with Gasteiger partial charge >= 0.3 is 0 Å². The molecule has 4 rings (SSSR count). The van der Waals surface area contributed by atoms with Gasteiger partial charge in [0.25, 0.3) is 0 Å². The number of amides is 1. The Morgan fingerprint density at radius 1 is 1.24 bits per heavy atom.